The molecule has 0 fully saturated rings. The fourth-order valence-electron chi connectivity index (χ4n) is 1.38. The number of hydrogen-bond donors (Lipinski definition) is 0. The minimum atomic E-state index is -0.271. The van der Waals surface area contributed by atoms with Gasteiger partial charge in [-0.05, 0) is 17.6 Å². The van der Waals surface area contributed by atoms with Crippen molar-refractivity contribution >= 4 is 17.7 Å². The first kappa shape index (κ1) is 15.6. The van der Waals surface area contributed by atoms with Gasteiger partial charge in [-0.1, -0.05) is 45.4 Å². The van der Waals surface area contributed by atoms with Crippen LogP contribution in [0.4, 0.5) is 0 Å². The first-order valence-electron chi connectivity index (χ1n) is 6.17. The maximum absolute atomic E-state index is 10.7. The van der Waals surface area contributed by atoms with Crippen molar-refractivity contribution in [2.45, 2.75) is 51.9 Å². The van der Waals surface area contributed by atoms with Crippen LogP contribution in [0.15, 0.2) is 11.5 Å². The van der Waals surface area contributed by atoms with E-state index < -0.39 is 0 Å². The molecular formula is C13H24O2S. The molecule has 0 aliphatic heterocycles. The molecular weight excluding hydrogens is 220 g/mol. The molecule has 0 aromatic rings. The minimum Gasteiger partial charge on any atom is -0.466 e. The maximum atomic E-state index is 10.7. The number of thioether (sulfide) groups is 1. The topological polar surface area (TPSA) is 26.3 Å². The zero-order valence-corrected chi connectivity index (χ0v) is 11.4. The Morgan fingerprint density at radius 2 is 1.75 bits per heavy atom. The van der Waals surface area contributed by atoms with Gasteiger partial charge < -0.3 is 4.74 Å². The Balaban J connectivity index is 3.09. The van der Waals surface area contributed by atoms with Crippen molar-refractivity contribution in [3.63, 3.8) is 0 Å². The summed E-state index contributed by atoms with van der Waals surface area (Å²) in [5, 5.41) is 1.82. The molecule has 0 spiro atoms. The summed E-state index contributed by atoms with van der Waals surface area (Å²) in [5.74, 6) is 0.827. The minimum absolute atomic E-state index is 0.271. The van der Waals surface area contributed by atoms with Gasteiger partial charge in [-0.25, -0.2) is 4.79 Å². The smallest absolute Gasteiger partial charge is 0.330 e. The molecule has 94 valence electrons. The average Bonchev–Trinajstić information content (AvgIpc) is 2.31. The SMILES string of the molecule is CCCCCCCCCSC=CC(=O)OC. The third-order valence-corrected chi connectivity index (χ3v) is 3.22. The molecule has 16 heavy (non-hydrogen) atoms. The summed E-state index contributed by atoms with van der Waals surface area (Å²) < 4.78 is 4.49. The van der Waals surface area contributed by atoms with Crippen LogP contribution in [0.5, 0.6) is 0 Å². The van der Waals surface area contributed by atoms with Gasteiger partial charge in [0, 0.05) is 6.08 Å². The van der Waals surface area contributed by atoms with Gasteiger partial charge in [0.15, 0.2) is 0 Å². The standard InChI is InChI=1S/C13H24O2S/c1-3-4-5-6-7-8-9-11-16-12-10-13(14)15-2/h10,12H,3-9,11H2,1-2H3. The van der Waals surface area contributed by atoms with Gasteiger partial charge >= 0.3 is 5.97 Å². The van der Waals surface area contributed by atoms with Gasteiger partial charge in [-0.2, -0.15) is 0 Å². The lowest BCUT2D eigenvalue weighted by Gasteiger charge is -1.99. The van der Waals surface area contributed by atoms with Crippen molar-refractivity contribution in [1.82, 2.24) is 0 Å². The summed E-state index contributed by atoms with van der Waals surface area (Å²) in [7, 11) is 1.40. The van der Waals surface area contributed by atoms with Gasteiger partial charge in [0.05, 0.1) is 7.11 Å². The van der Waals surface area contributed by atoms with E-state index in [0.717, 1.165) is 5.75 Å². The Morgan fingerprint density at radius 1 is 1.12 bits per heavy atom. The Bertz CT molecular complexity index is 190. The van der Waals surface area contributed by atoms with Crippen molar-refractivity contribution in [3.8, 4) is 0 Å². The first-order chi connectivity index (χ1) is 7.81. The molecule has 0 aromatic heterocycles. The molecule has 0 rings (SSSR count). The summed E-state index contributed by atoms with van der Waals surface area (Å²) in [6.45, 7) is 2.24. The highest BCUT2D eigenvalue weighted by molar-refractivity contribution is 8.02. The van der Waals surface area contributed by atoms with E-state index in [2.05, 4.69) is 11.7 Å². The normalized spacial score (nSPS) is 10.9. The Kier molecular flexibility index (Phi) is 12.3. The van der Waals surface area contributed by atoms with Crippen molar-refractivity contribution in [1.29, 1.82) is 0 Å². The highest BCUT2D eigenvalue weighted by atomic mass is 32.2. The van der Waals surface area contributed by atoms with Crippen LogP contribution in [-0.4, -0.2) is 18.8 Å². The number of rotatable bonds is 10. The quantitative estimate of drug-likeness (QED) is 0.328. The van der Waals surface area contributed by atoms with Crippen LogP contribution in [0.2, 0.25) is 0 Å². The van der Waals surface area contributed by atoms with Crippen LogP contribution in [0, 0.1) is 0 Å². The van der Waals surface area contributed by atoms with Crippen LogP contribution < -0.4 is 0 Å². The van der Waals surface area contributed by atoms with Crippen LogP contribution in [0.25, 0.3) is 0 Å². The summed E-state index contributed by atoms with van der Waals surface area (Å²) in [6, 6.07) is 0. The molecule has 2 nitrogen and oxygen atoms in total. The van der Waals surface area contributed by atoms with E-state index >= 15 is 0 Å². The van der Waals surface area contributed by atoms with Crippen molar-refractivity contribution in [2.24, 2.45) is 0 Å². The molecule has 0 atom stereocenters. The third kappa shape index (κ3) is 11.6. The molecule has 0 radical (unpaired) electrons. The zero-order chi connectivity index (χ0) is 12.1. The van der Waals surface area contributed by atoms with E-state index in [1.165, 1.54) is 58.1 Å². The Labute approximate surface area is 104 Å². The van der Waals surface area contributed by atoms with E-state index in [9.17, 15) is 4.79 Å². The van der Waals surface area contributed by atoms with Crippen molar-refractivity contribution < 1.29 is 9.53 Å². The fourth-order valence-corrected chi connectivity index (χ4v) is 2.10. The fraction of sp³-hybridized carbons (Fsp3) is 0.769. The summed E-state index contributed by atoms with van der Waals surface area (Å²) in [5.41, 5.74) is 0. The number of hydrogen-bond acceptors (Lipinski definition) is 3. The van der Waals surface area contributed by atoms with E-state index in [0.29, 0.717) is 0 Å². The van der Waals surface area contributed by atoms with Crippen molar-refractivity contribution in [3.05, 3.63) is 11.5 Å². The van der Waals surface area contributed by atoms with Crippen LogP contribution >= 0.6 is 11.8 Å². The molecule has 0 amide bonds. The van der Waals surface area contributed by atoms with Gasteiger partial charge in [0.2, 0.25) is 0 Å². The lowest BCUT2D eigenvalue weighted by Crippen LogP contribution is -1.92. The molecule has 0 saturated carbocycles. The molecule has 0 bridgehead atoms. The van der Waals surface area contributed by atoms with Crippen LogP contribution in [-0.2, 0) is 9.53 Å². The third-order valence-electron chi connectivity index (χ3n) is 2.37. The monoisotopic (exact) mass is 244 g/mol. The van der Waals surface area contributed by atoms with Crippen LogP contribution in [0.1, 0.15) is 51.9 Å². The van der Waals surface area contributed by atoms with Gasteiger partial charge in [-0.15, -0.1) is 11.8 Å². The first-order valence-corrected chi connectivity index (χ1v) is 7.22. The highest BCUT2D eigenvalue weighted by Gasteiger charge is 1.92. The number of unbranched alkanes of at least 4 members (excludes halogenated alkanes) is 6. The van der Waals surface area contributed by atoms with Gasteiger partial charge in [-0.3, -0.25) is 0 Å². The maximum Gasteiger partial charge on any atom is 0.330 e. The Hall–Kier alpha value is -0.440. The average molecular weight is 244 g/mol. The van der Waals surface area contributed by atoms with E-state index in [4.69, 9.17) is 0 Å². The molecule has 0 N–H and O–H groups in total. The van der Waals surface area contributed by atoms with E-state index in [-0.39, 0.29) is 5.97 Å². The molecule has 0 aromatic carbocycles. The molecule has 0 aliphatic carbocycles. The number of esters is 1. The second kappa shape index (κ2) is 12.6. The highest BCUT2D eigenvalue weighted by Crippen LogP contribution is 2.11. The number of carbonyl (C=O) groups is 1. The number of carbonyl (C=O) groups excluding carboxylic acids is 1. The summed E-state index contributed by atoms with van der Waals surface area (Å²) >= 11 is 1.68. The van der Waals surface area contributed by atoms with Gasteiger partial charge in [0.1, 0.15) is 0 Å². The molecule has 3 heteroatoms. The second-order valence-corrected chi connectivity index (χ2v) is 4.83. The molecule has 0 heterocycles. The van der Waals surface area contributed by atoms with E-state index in [1.54, 1.807) is 11.8 Å². The Morgan fingerprint density at radius 3 is 2.38 bits per heavy atom. The van der Waals surface area contributed by atoms with Crippen LogP contribution in [0.3, 0.4) is 0 Å². The predicted octanol–water partition coefficient (Wildman–Crippen LogP) is 4.16. The number of ether oxygens (including phenoxy) is 1. The molecule has 0 aliphatic rings. The second-order valence-electron chi connectivity index (χ2n) is 3.82. The molecule has 0 unspecified atom stereocenters. The van der Waals surface area contributed by atoms with Gasteiger partial charge in [0.25, 0.3) is 0 Å². The largest absolute Gasteiger partial charge is 0.466 e. The van der Waals surface area contributed by atoms with E-state index in [1.807, 2.05) is 5.41 Å². The summed E-state index contributed by atoms with van der Waals surface area (Å²) in [4.78, 5) is 10.7. The zero-order valence-electron chi connectivity index (χ0n) is 10.5. The summed E-state index contributed by atoms with van der Waals surface area (Å²) in [6.07, 6.45) is 10.8. The predicted molar refractivity (Wildman–Crippen MR) is 71.6 cm³/mol. The van der Waals surface area contributed by atoms with Crippen molar-refractivity contribution in [2.75, 3.05) is 12.9 Å². The lowest BCUT2D eigenvalue weighted by molar-refractivity contribution is -0.134. The lowest BCUT2D eigenvalue weighted by atomic mass is 10.1. The molecule has 0 saturated heterocycles. The number of methoxy groups -OCH3 is 1.